The van der Waals surface area contributed by atoms with Gasteiger partial charge in [0.2, 0.25) is 0 Å². The van der Waals surface area contributed by atoms with Gasteiger partial charge in [0.05, 0.1) is 0 Å². The fourth-order valence-electron chi connectivity index (χ4n) is 1.70. The molecule has 0 heterocycles. The van der Waals surface area contributed by atoms with Crippen LogP contribution in [0.25, 0.3) is 0 Å². The monoisotopic (exact) mass is 259 g/mol. The van der Waals surface area contributed by atoms with Gasteiger partial charge in [0.1, 0.15) is 0 Å². The number of hydrogen-bond donors (Lipinski definition) is 1. The number of benzene rings is 2. The molecule has 0 spiro atoms. The topological polar surface area (TPSA) is 29.1 Å². The third-order valence-corrected chi connectivity index (χ3v) is 2.94. The number of nitrogens with one attached hydrogen (secondary N) is 1. The van der Waals surface area contributed by atoms with Gasteiger partial charge in [-0.3, -0.25) is 4.79 Å². The highest BCUT2D eigenvalue weighted by molar-refractivity contribution is 6.17. The van der Waals surface area contributed by atoms with Crippen LogP contribution >= 0.6 is 11.6 Å². The molecule has 2 aromatic carbocycles. The van der Waals surface area contributed by atoms with Gasteiger partial charge in [-0.2, -0.15) is 0 Å². The fraction of sp³-hybridized carbons (Fsp3) is 0.133. The molecular formula is C15H14ClNO. The lowest BCUT2D eigenvalue weighted by atomic mass is 10.1. The van der Waals surface area contributed by atoms with Crippen molar-refractivity contribution < 1.29 is 4.79 Å². The van der Waals surface area contributed by atoms with E-state index in [2.05, 4.69) is 5.32 Å². The van der Waals surface area contributed by atoms with Crippen LogP contribution in [-0.2, 0) is 12.4 Å². The zero-order valence-corrected chi connectivity index (χ0v) is 10.7. The smallest absolute Gasteiger partial charge is 0.251 e. The Bertz CT molecular complexity index is 525. The van der Waals surface area contributed by atoms with Crippen molar-refractivity contribution >= 4 is 17.5 Å². The summed E-state index contributed by atoms with van der Waals surface area (Å²) >= 11 is 5.77. The average molecular weight is 260 g/mol. The number of alkyl halides is 1. The summed E-state index contributed by atoms with van der Waals surface area (Å²) in [7, 11) is 0. The zero-order valence-electron chi connectivity index (χ0n) is 9.90. The second kappa shape index (κ2) is 6.22. The van der Waals surface area contributed by atoms with Gasteiger partial charge in [-0.1, -0.05) is 42.5 Å². The van der Waals surface area contributed by atoms with E-state index in [1.54, 1.807) is 12.1 Å². The number of carbonyl (C=O) groups excluding carboxylic acids is 1. The molecule has 92 valence electrons. The van der Waals surface area contributed by atoms with Gasteiger partial charge < -0.3 is 5.32 Å². The number of amides is 1. The van der Waals surface area contributed by atoms with E-state index in [0.29, 0.717) is 18.0 Å². The molecule has 0 bridgehead atoms. The van der Waals surface area contributed by atoms with Gasteiger partial charge in [-0.25, -0.2) is 0 Å². The molecule has 2 rings (SSSR count). The third kappa shape index (κ3) is 3.34. The molecule has 0 aromatic heterocycles. The first-order valence-corrected chi connectivity index (χ1v) is 6.30. The lowest BCUT2D eigenvalue weighted by Gasteiger charge is -2.06. The van der Waals surface area contributed by atoms with Crippen LogP contribution in [0.1, 0.15) is 21.5 Å². The minimum Gasteiger partial charge on any atom is -0.348 e. The molecule has 3 heteroatoms. The molecule has 0 unspecified atom stereocenters. The lowest BCUT2D eigenvalue weighted by molar-refractivity contribution is 0.0951. The molecule has 2 nitrogen and oxygen atoms in total. The summed E-state index contributed by atoms with van der Waals surface area (Å²) in [6, 6.07) is 17.1. The van der Waals surface area contributed by atoms with Crippen LogP contribution in [0.5, 0.6) is 0 Å². The van der Waals surface area contributed by atoms with E-state index >= 15 is 0 Å². The molecule has 0 aliphatic rings. The van der Waals surface area contributed by atoms with Crippen LogP contribution in [-0.4, -0.2) is 5.91 Å². The highest BCUT2D eigenvalue weighted by atomic mass is 35.5. The van der Waals surface area contributed by atoms with Crippen molar-refractivity contribution in [1.82, 2.24) is 5.32 Å². The predicted molar refractivity (Wildman–Crippen MR) is 73.6 cm³/mol. The Labute approximate surface area is 112 Å². The summed E-state index contributed by atoms with van der Waals surface area (Å²) in [5, 5.41) is 2.88. The maximum Gasteiger partial charge on any atom is 0.251 e. The molecule has 1 N–H and O–H groups in total. The fourth-order valence-corrected chi connectivity index (χ4v) is 1.86. The van der Waals surface area contributed by atoms with Crippen molar-refractivity contribution in [3.8, 4) is 0 Å². The first-order chi connectivity index (χ1) is 8.79. The second-order valence-electron chi connectivity index (χ2n) is 4.00. The van der Waals surface area contributed by atoms with E-state index < -0.39 is 0 Å². The molecule has 1 amide bonds. The molecule has 0 aliphatic heterocycles. The van der Waals surface area contributed by atoms with Crippen LogP contribution in [0, 0.1) is 0 Å². The Kier molecular flexibility index (Phi) is 4.37. The van der Waals surface area contributed by atoms with Gasteiger partial charge >= 0.3 is 0 Å². The van der Waals surface area contributed by atoms with E-state index in [0.717, 1.165) is 11.1 Å². The Hall–Kier alpha value is -1.80. The van der Waals surface area contributed by atoms with Gasteiger partial charge in [0, 0.05) is 18.0 Å². The molecule has 0 saturated carbocycles. The van der Waals surface area contributed by atoms with E-state index in [1.807, 2.05) is 42.5 Å². The normalized spacial score (nSPS) is 10.1. The van der Waals surface area contributed by atoms with Crippen LogP contribution in [0.3, 0.4) is 0 Å². The van der Waals surface area contributed by atoms with Crippen LogP contribution in [0.15, 0.2) is 54.6 Å². The predicted octanol–water partition coefficient (Wildman–Crippen LogP) is 3.36. The number of rotatable bonds is 4. The molecule has 0 fully saturated rings. The quantitative estimate of drug-likeness (QED) is 0.839. The number of halogens is 1. The van der Waals surface area contributed by atoms with E-state index in [1.165, 1.54) is 0 Å². The van der Waals surface area contributed by atoms with Crippen molar-refractivity contribution in [3.05, 3.63) is 71.3 Å². The Balaban J connectivity index is 1.97. The molecule has 0 saturated heterocycles. The minimum atomic E-state index is -0.0631. The highest BCUT2D eigenvalue weighted by Crippen LogP contribution is 2.08. The van der Waals surface area contributed by atoms with Gasteiger partial charge in [0.15, 0.2) is 0 Å². The first-order valence-electron chi connectivity index (χ1n) is 5.76. The van der Waals surface area contributed by atoms with Crippen LogP contribution < -0.4 is 5.32 Å². The van der Waals surface area contributed by atoms with Crippen LogP contribution in [0.2, 0.25) is 0 Å². The minimum absolute atomic E-state index is 0.0631. The number of carbonyl (C=O) groups is 1. The summed E-state index contributed by atoms with van der Waals surface area (Å²) in [4.78, 5) is 11.8. The summed E-state index contributed by atoms with van der Waals surface area (Å²) in [6.45, 7) is 0.512. The highest BCUT2D eigenvalue weighted by Gasteiger charge is 2.03. The van der Waals surface area contributed by atoms with Crippen LogP contribution in [0.4, 0.5) is 0 Å². The standard InChI is InChI=1S/C15H14ClNO/c16-10-12-5-4-6-13(9-12)11-17-15(18)14-7-2-1-3-8-14/h1-9H,10-11H2,(H,17,18). The van der Waals surface area contributed by atoms with Crippen molar-refractivity contribution in [2.45, 2.75) is 12.4 Å². The Morgan fingerprint density at radius 1 is 1.00 bits per heavy atom. The molecule has 0 radical (unpaired) electrons. The first kappa shape index (κ1) is 12.7. The van der Waals surface area contributed by atoms with Crippen molar-refractivity contribution in [1.29, 1.82) is 0 Å². The summed E-state index contributed by atoms with van der Waals surface area (Å²) < 4.78 is 0. The molecule has 0 aliphatic carbocycles. The summed E-state index contributed by atoms with van der Waals surface area (Å²) in [6.07, 6.45) is 0. The van der Waals surface area contributed by atoms with Crippen molar-refractivity contribution in [3.63, 3.8) is 0 Å². The zero-order chi connectivity index (χ0) is 12.8. The SMILES string of the molecule is O=C(NCc1cccc(CCl)c1)c1ccccc1. The lowest BCUT2D eigenvalue weighted by Crippen LogP contribution is -2.22. The van der Waals surface area contributed by atoms with Crippen molar-refractivity contribution in [2.24, 2.45) is 0 Å². The Morgan fingerprint density at radius 2 is 1.72 bits per heavy atom. The van der Waals surface area contributed by atoms with Gasteiger partial charge in [-0.15, -0.1) is 11.6 Å². The van der Waals surface area contributed by atoms with Gasteiger partial charge in [0.25, 0.3) is 5.91 Å². The molecular weight excluding hydrogens is 246 g/mol. The van der Waals surface area contributed by atoms with E-state index in [9.17, 15) is 4.79 Å². The molecule has 18 heavy (non-hydrogen) atoms. The molecule has 0 atom stereocenters. The number of hydrogen-bond acceptors (Lipinski definition) is 1. The summed E-state index contributed by atoms with van der Waals surface area (Å²) in [5.74, 6) is 0.424. The summed E-state index contributed by atoms with van der Waals surface area (Å²) in [5.41, 5.74) is 2.78. The van der Waals surface area contributed by atoms with E-state index in [-0.39, 0.29) is 5.91 Å². The molecule has 2 aromatic rings. The van der Waals surface area contributed by atoms with Crippen molar-refractivity contribution in [2.75, 3.05) is 0 Å². The largest absolute Gasteiger partial charge is 0.348 e. The third-order valence-electron chi connectivity index (χ3n) is 2.63. The Morgan fingerprint density at radius 3 is 2.44 bits per heavy atom. The second-order valence-corrected chi connectivity index (χ2v) is 4.27. The van der Waals surface area contributed by atoms with E-state index in [4.69, 9.17) is 11.6 Å². The maximum absolute atomic E-state index is 11.8. The van der Waals surface area contributed by atoms with Gasteiger partial charge in [-0.05, 0) is 23.3 Å². The maximum atomic E-state index is 11.8. The average Bonchev–Trinajstić information content (AvgIpc) is 2.46.